The predicted octanol–water partition coefficient (Wildman–Crippen LogP) is 3.10. The molecule has 3 heteroatoms. The Balaban J connectivity index is 2.82. The van der Waals surface area contributed by atoms with E-state index < -0.39 is 0 Å². The molecule has 0 bridgehead atoms. The van der Waals surface area contributed by atoms with Gasteiger partial charge in [-0.15, -0.1) is 0 Å². The first-order valence-electron chi connectivity index (χ1n) is 6.59. The van der Waals surface area contributed by atoms with E-state index >= 15 is 0 Å². The monoisotopic (exact) mass is 246 g/mol. The van der Waals surface area contributed by atoms with E-state index in [1.807, 2.05) is 18.2 Å². The van der Waals surface area contributed by atoms with Crippen molar-refractivity contribution in [3.63, 3.8) is 0 Å². The van der Waals surface area contributed by atoms with E-state index in [1.165, 1.54) is 0 Å². The van der Waals surface area contributed by atoms with Gasteiger partial charge in [0.15, 0.2) is 0 Å². The molecule has 0 heterocycles. The SMILES string of the molecule is CCCN(CCC)C(=N)C1=CC=C(C=O)C=CC1. The van der Waals surface area contributed by atoms with Crippen molar-refractivity contribution in [2.75, 3.05) is 13.1 Å². The maximum absolute atomic E-state index is 10.7. The van der Waals surface area contributed by atoms with Crippen molar-refractivity contribution < 1.29 is 4.79 Å². The summed E-state index contributed by atoms with van der Waals surface area (Å²) in [5, 5.41) is 8.27. The molecule has 3 nitrogen and oxygen atoms in total. The summed E-state index contributed by atoms with van der Waals surface area (Å²) in [5.41, 5.74) is 1.64. The van der Waals surface area contributed by atoms with Gasteiger partial charge in [-0.2, -0.15) is 0 Å². The van der Waals surface area contributed by atoms with Crippen LogP contribution in [0.1, 0.15) is 33.1 Å². The molecule has 0 amide bonds. The standard InChI is InChI=1S/C15H22N2O/c1-3-10-17(11-4-2)15(16)14-7-5-6-13(12-18)8-9-14/h5-6,8-9,12,16H,3-4,7,10-11H2,1-2H3. The summed E-state index contributed by atoms with van der Waals surface area (Å²) in [7, 11) is 0. The summed E-state index contributed by atoms with van der Waals surface area (Å²) in [5.74, 6) is 0.590. The van der Waals surface area contributed by atoms with E-state index in [9.17, 15) is 4.79 Å². The maximum Gasteiger partial charge on any atom is 0.150 e. The van der Waals surface area contributed by atoms with Crippen LogP contribution in [0.2, 0.25) is 0 Å². The molecule has 0 unspecified atom stereocenters. The number of allylic oxidation sites excluding steroid dienone is 5. The molecule has 0 aromatic carbocycles. The van der Waals surface area contributed by atoms with Gasteiger partial charge in [-0.25, -0.2) is 0 Å². The number of hydrogen-bond donors (Lipinski definition) is 1. The van der Waals surface area contributed by atoms with Gasteiger partial charge in [-0.05, 0) is 24.8 Å². The maximum atomic E-state index is 10.7. The number of nitrogens with zero attached hydrogens (tertiary/aromatic N) is 1. The van der Waals surface area contributed by atoms with Crippen LogP contribution < -0.4 is 0 Å². The highest BCUT2D eigenvalue weighted by atomic mass is 16.1. The van der Waals surface area contributed by atoms with Gasteiger partial charge in [0.25, 0.3) is 0 Å². The van der Waals surface area contributed by atoms with Crippen LogP contribution >= 0.6 is 0 Å². The van der Waals surface area contributed by atoms with Crippen LogP contribution in [0, 0.1) is 5.41 Å². The van der Waals surface area contributed by atoms with Gasteiger partial charge in [-0.3, -0.25) is 10.2 Å². The fraction of sp³-hybridized carbons (Fsp3) is 0.467. The Kier molecular flexibility index (Phi) is 6.12. The quantitative estimate of drug-likeness (QED) is 0.444. The lowest BCUT2D eigenvalue weighted by Gasteiger charge is -2.25. The topological polar surface area (TPSA) is 44.2 Å². The predicted molar refractivity (Wildman–Crippen MR) is 75.9 cm³/mol. The zero-order valence-corrected chi connectivity index (χ0v) is 11.3. The summed E-state index contributed by atoms with van der Waals surface area (Å²) in [6, 6.07) is 0. The molecule has 0 spiro atoms. The van der Waals surface area contributed by atoms with Crippen LogP contribution in [0.3, 0.4) is 0 Å². The molecule has 0 aliphatic heterocycles. The molecule has 1 rings (SSSR count). The average molecular weight is 246 g/mol. The van der Waals surface area contributed by atoms with Crippen molar-refractivity contribution in [2.24, 2.45) is 0 Å². The minimum absolute atomic E-state index is 0.590. The number of hydrogen-bond acceptors (Lipinski definition) is 2. The highest BCUT2D eigenvalue weighted by Crippen LogP contribution is 2.14. The van der Waals surface area contributed by atoms with Crippen LogP contribution in [0.5, 0.6) is 0 Å². The normalized spacial score (nSPS) is 14.6. The smallest absolute Gasteiger partial charge is 0.150 e. The highest BCUT2D eigenvalue weighted by Gasteiger charge is 2.12. The van der Waals surface area contributed by atoms with Crippen LogP contribution in [0.15, 0.2) is 35.5 Å². The highest BCUT2D eigenvalue weighted by molar-refractivity contribution is 5.97. The van der Waals surface area contributed by atoms with E-state index in [0.29, 0.717) is 11.4 Å². The number of nitrogens with one attached hydrogen (secondary N) is 1. The summed E-state index contributed by atoms with van der Waals surface area (Å²) >= 11 is 0. The molecule has 0 atom stereocenters. The average Bonchev–Trinajstić information content (AvgIpc) is 2.63. The Labute approximate surface area is 109 Å². The molecule has 0 aromatic rings. The summed E-state index contributed by atoms with van der Waals surface area (Å²) in [6.07, 6.45) is 11.1. The lowest BCUT2D eigenvalue weighted by Crippen LogP contribution is -2.33. The molecule has 1 aliphatic rings. The van der Waals surface area contributed by atoms with Gasteiger partial charge in [-0.1, -0.05) is 38.2 Å². The van der Waals surface area contributed by atoms with Gasteiger partial charge in [0, 0.05) is 18.7 Å². The third-order valence-electron chi connectivity index (χ3n) is 2.87. The zero-order valence-electron chi connectivity index (χ0n) is 11.3. The lowest BCUT2D eigenvalue weighted by molar-refractivity contribution is -0.104. The molecule has 1 aliphatic carbocycles. The van der Waals surface area contributed by atoms with Crippen molar-refractivity contribution in [1.29, 1.82) is 5.41 Å². The Hall–Kier alpha value is -1.64. The molecule has 98 valence electrons. The minimum Gasteiger partial charge on any atom is -0.357 e. The van der Waals surface area contributed by atoms with Gasteiger partial charge in [0.2, 0.25) is 0 Å². The molecular formula is C15H22N2O. The zero-order chi connectivity index (χ0) is 13.4. The van der Waals surface area contributed by atoms with Crippen molar-refractivity contribution >= 4 is 12.1 Å². The first-order chi connectivity index (χ1) is 8.72. The molecular weight excluding hydrogens is 224 g/mol. The van der Waals surface area contributed by atoms with Gasteiger partial charge in [0.1, 0.15) is 12.1 Å². The molecule has 0 aromatic heterocycles. The van der Waals surface area contributed by atoms with Crippen molar-refractivity contribution in [1.82, 2.24) is 4.90 Å². The van der Waals surface area contributed by atoms with Gasteiger partial charge >= 0.3 is 0 Å². The van der Waals surface area contributed by atoms with E-state index in [1.54, 1.807) is 6.08 Å². The second kappa shape index (κ2) is 7.64. The molecule has 0 radical (unpaired) electrons. The summed E-state index contributed by atoms with van der Waals surface area (Å²) in [4.78, 5) is 12.8. The second-order valence-corrected chi connectivity index (χ2v) is 4.42. The minimum atomic E-state index is 0.590. The Morgan fingerprint density at radius 2 is 2.00 bits per heavy atom. The fourth-order valence-electron chi connectivity index (χ4n) is 1.97. The molecule has 0 fully saturated rings. The van der Waals surface area contributed by atoms with Crippen molar-refractivity contribution in [3.8, 4) is 0 Å². The van der Waals surface area contributed by atoms with E-state index in [-0.39, 0.29) is 0 Å². The lowest BCUT2D eigenvalue weighted by atomic mass is 10.1. The molecule has 0 saturated heterocycles. The third-order valence-corrected chi connectivity index (χ3v) is 2.87. The van der Waals surface area contributed by atoms with E-state index in [2.05, 4.69) is 18.7 Å². The van der Waals surface area contributed by atoms with Crippen molar-refractivity contribution in [3.05, 3.63) is 35.5 Å². The Morgan fingerprint density at radius 3 is 2.56 bits per heavy atom. The number of rotatable bonds is 6. The van der Waals surface area contributed by atoms with Crippen molar-refractivity contribution in [2.45, 2.75) is 33.1 Å². The van der Waals surface area contributed by atoms with Gasteiger partial charge < -0.3 is 4.90 Å². The summed E-state index contributed by atoms with van der Waals surface area (Å²) in [6.45, 7) is 6.08. The second-order valence-electron chi connectivity index (χ2n) is 4.42. The van der Waals surface area contributed by atoms with Crippen LogP contribution in [-0.2, 0) is 4.79 Å². The van der Waals surface area contributed by atoms with Gasteiger partial charge in [0.05, 0.1) is 0 Å². The Bertz CT molecular complexity index is 385. The largest absolute Gasteiger partial charge is 0.357 e. The van der Waals surface area contributed by atoms with E-state index in [4.69, 9.17) is 5.41 Å². The van der Waals surface area contributed by atoms with Crippen LogP contribution in [-0.4, -0.2) is 30.1 Å². The first kappa shape index (κ1) is 14.4. The third kappa shape index (κ3) is 3.99. The number of amidine groups is 1. The molecule has 18 heavy (non-hydrogen) atoms. The molecule has 1 N–H and O–H groups in total. The number of carbonyl (C=O) groups is 1. The van der Waals surface area contributed by atoms with E-state index in [0.717, 1.165) is 44.2 Å². The summed E-state index contributed by atoms with van der Waals surface area (Å²) < 4.78 is 0. The Morgan fingerprint density at radius 1 is 1.33 bits per heavy atom. The van der Waals surface area contributed by atoms with Crippen LogP contribution in [0.25, 0.3) is 0 Å². The first-order valence-corrected chi connectivity index (χ1v) is 6.59. The van der Waals surface area contributed by atoms with Crippen LogP contribution in [0.4, 0.5) is 0 Å². The fourth-order valence-corrected chi connectivity index (χ4v) is 1.97. The number of aldehydes is 1. The number of carbonyl (C=O) groups excluding carboxylic acids is 1. The molecule has 0 saturated carbocycles.